The summed E-state index contributed by atoms with van der Waals surface area (Å²) in [6.45, 7) is 8.69. The van der Waals surface area contributed by atoms with E-state index in [2.05, 4.69) is 29.5 Å². The molecule has 0 aliphatic heterocycles. The Kier molecular flexibility index (Phi) is 10.0. The maximum absolute atomic E-state index is 11.6. The Morgan fingerprint density at radius 1 is 1.23 bits per heavy atom. The van der Waals surface area contributed by atoms with E-state index in [0.29, 0.717) is 11.3 Å². The van der Waals surface area contributed by atoms with Gasteiger partial charge in [-0.1, -0.05) is 13.8 Å². The smallest absolute Gasteiger partial charge is 0.243 e. The molecule has 5 nitrogen and oxygen atoms in total. The summed E-state index contributed by atoms with van der Waals surface area (Å²) >= 11 is 0. The lowest BCUT2D eigenvalue weighted by Crippen LogP contribution is -2.41. The summed E-state index contributed by atoms with van der Waals surface area (Å²) in [5.74, 6) is 1.48. The molecular weight excluding hydrogens is 391 g/mol. The molecule has 1 aliphatic carbocycles. The first-order valence-electron chi connectivity index (χ1n) is 8.06. The van der Waals surface area contributed by atoms with Gasteiger partial charge in [-0.15, -0.1) is 24.0 Å². The van der Waals surface area contributed by atoms with Crippen molar-refractivity contribution in [2.75, 3.05) is 33.7 Å². The molecule has 1 saturated carbocycles. The summed E-state index contributed by atoms with van der Waals surface area (Å²) in [6.07, 6.45) is 5.14. The largest absolute Gasteiger partial charge is 0.357 e. The van der Waals surface area contributed by atoms with E-state index in [1.165, 1.54) is 25.7 Å². The first kappa shape index (κ1) is 21.5. The van der Waals surface area contributed by atoms with Crippen molar-refractivity contribution in [2.24, 2.45) is 16.3 Å². The van der Waals surface area contributed by atoms with Crippen LogP contribution < -0.4 is 10.6 Å². The molecule has 0 aromatic carbocycles. The van der Waals surface area contributed by atoms with Gasteiger partial charge in [-0.05, 0) is 43.9 Å². The van der Waals surface area contributed by atoms with Crippen molar-refractivity contribution < 1.29 is 4.79 Å². The molecule has 1 amide bonds. The first-order valence-corrected chi connectivity index (χ1v) is 8.06. The van der Waals surface area contributed by atoms with Crippen LogP contribution in [0.1, 0.15) is 46.5 Å². The van der Waals surface area contributed by atoms with E-state index in [1.807, 2.05) is 6.92 Å². The van der Waals surface area contributed by atoms with Gasteiger partial charge in [0.05, 0.1) is 0 Å². The van der Waals surface area contributed by atoms with Crippen LogP contribution in [-0.4, -0.2) is 50.5 Å². The van der Waals surface area contributed by atoms with Crippen LogP contribution in [0.15, 0.2) is 4.99 Å². The normalized spacial score (nSPS) is 18.3. The Hall–Kier alpha value is -0.530. The van der Waals surface area contributed by atoms with Crippen molar-refractivity contribution in [3.8, 4) is 0 Å². The fourth-order valence-electron chi connectivity index (χ4n) is 2.53. The molecular formula is C16H33IN4O. The first-order chi connectivity index (χ1) is 9.84. The maximum Gasteiger partial charge on any atom is 0.243 e. The van der Waals surface area contributed by atoms with Crippen LogP contribution in [-0.2, 0) is 4.79 Å². The Bertz CT molecular complexity index is 359. The Balaban J connectivity index is 0.00000441. The SMILES string of the molecule is CCNC(=NCC(=O)N(C)C)NCC1CCC(C)(C)CC1.I. The second-order valence-electron chi connectivity index (χ2n) is 6.97. The number of hydrogen-bond acceptors (Lipinski definition) is 2. The van der Waals surface area contributed by atoms with Crippen molar-refractivity contribution in [1.82, 2.24) is 15.5 Å². The van der Waals surface area contributed by atoms with Crippen LogP contribution >= 0.6 is 24.0 Å². The quantitative estimate of drug-likeness (QED) is 0.405. The van der Waals surface area contributed by atoms with Crippen molar-refractivity contribution in [1.29, 1.82) is 0 Å². The number of carbonyl (C=O) groups excluding carboxylic acids is 1. The van der Waals surface area contributed by atoms with Crippen molar-refractivity contribution >= 4 is 35.8 Å². The third-order valence-corrected chi connectivity index (χ3v) is 4.23. The number of halogens is 1. The van der Waals surface area contributed by atoms with Crippen LogP contribution in [0.5, 0.6) is 0 Å². The summed E-state index contributed by atoms with van der Waals surface area (Å²) < 4.78 is 0. The maximum atomic E-state index is 11.6. The molecule has 0 bridgehead atoms. The summed E-state index contributed by atoms with van der Waals surface area (Å²) in [5.41, 5.74) is 0.507. The Labute approximate surface area is 152 Å². The number of guanidine groups is 1. The molecule has 0 unspecified atom stereocenters. The molecule has 0 atom stereocenters. The van der Waals surface area contributed by atoms with E-state index in [9.17, 15) is 4.79 Å². The van der Waals surface area contributed by atoms with Crippen LogP contribution in [0.2, 0.25) is 0 Å². The molecule has 0 aromatic heterocycles. The molecule has 0 aromatic rings. The molecule has 6 heteroatoms. The predicted octanol–water partition coefficient (Wildman–Crippen LogP) is 2.46. The zero-order valence-corrected chi connectivity index (χ0v) is 17.1. The molecule has 0 saturated heterocycles. The number of nitrogens with one attached hydrogen (secondary N) is 2. The third kappa shape index (κ3) is 8.19. The highest BCUT2D eigenvalue weighted by atomic mass is 127. The van der Waals surface area contributed by atoms with Gasteiger partial charge in [-0.3, -0.25) is 4.79 Å². The number of amides is 1. The van der Waals surface area contributed by atoms with E-state index < -0.39 is 0 Å². The van der Waals surface area contributed by atoms with Gasteiger partial charge in [0.25, 0.3) is 0 Å². The number of carbonyl (C=O) groups is 1. The predicted molar refractivity (Wildman–Crippen MR) is 104 cm³/mol. The minimum atomic E-state index is 0. The zero-order chi connectivity index (χ0) is 15.9. The van der Waals surface area contributed by atoms with Gasteiger partial charge >= 0.3 is 0 Å². The van der Waals surface area contributed by atoms with Gasteiger partial charge in [0, 0.05) is 27.2 Å². The molecule has 2 N–H and O–H groups in total. The summed E-state index contributed by atoms with van der Waals surface area (Å²) in [5, 5.41) is 6.58. The highest BCUT2D eigenvalue weighted by molar-refractivity contribution is 14.0. The average Bonchev–Trinajstić information content (AvgIpc) is 2.42. The standard InChI is InChI=1S/C16H32N4O.HI/c1-6-17-15(19-12-14(21)20(4)5)18-11-13-7-9-16(2,3)10-8-13;/h13H,6-12H2,1-5H3,(H2,17,18,19);1H. The molecule has 0 heterocycles. The van der Waals surface area contributed by atoms with E-state index in [4.69, 9.17) is 0 Å². The van der Waals surface area contributed by atoms with Gasteiger partial charge in [-0.2, -0.15) is 0 Å². The van der Waals surface area contributed by atoms with Crippen molar-refractivity contribution in [3.63, 3.8) is 0 Å². The molecule has 0 radical (unpaired) electrons. The number of nitrogens with zero attached hydrogens (tertiary/aromatic N) is 2. The highest BCUT2D eigenvalue weighted by Gasteiger charge is 2.26. The van der Waals surface area contributed by atoms with Gasteiger partial charge in [-0.25, -0.2) is 4.99 Å². The third-order valence-electron chi connectivity index (χ3n) is 4.23. The molecule has 0 spiro atoms. The van der Waals surface area contributed by atoms with E-state index in [-0.39, 0.29) is 36.4 Å². The topological polar surface area (TPSA) is 56.7 Å². The van der Waals surface area contributed by atoms with Gasteiger partial charge in [0.15, 0.2) is 5.96 Å². The molecule has 130 valence electrons. The number of hydrogen-bond donors (Lipinski definition) is 2. The monoisotopic (exact) mass is 424 g/mol. The Morgan fingerprint density at radius 2 is 1.82 bits per heavy atom. The molecule has 1 fully saturated rings. The van der Waals surface area contributed by atoms with E-state index in [1.54, 1.807) is 19.0 Å². The molecule has 1 aliphatic rings. The van der Waals surface area contributed by atoms with E-state index >= 15 is 0 Å². The lowest BCUT2D eigenvalue weighted by molar-refractivity contribution is -0.127. The zero-order valence-electron chi connectivity index (χ0n) is 14.7. The second kappa shape index (κ2) is 10.3. The highest BCUT2D eigenvalue weighted by Crippen LogP contribution is 2.37. The van der Waals surface area contributed by atoms with Crippen LogP contribution in [0.3, 0.4) is 0 Å². The fourth-order valence-corrected chi connectivity index (χ4v) is 2.53. The second-order valence-corrected chi connectivity index (χ2v) is 6.97. The van der Waals surface area contributed by atoms with Gasteiger partial charge in [0.1, 0.15) is 6.54 Å². The minimum Gasteiger partial charge on any atom is -0.357 e. The molecule has 22 heavy (non-hydrogen) atoms. The van der Waals surface area contributed by atoms with Crippen LogP contribution in [0.25, 0.3) is 0 Å². The van der Waals surface area contributed by atoms with Gasteiger partial charge < -0.3 is 15.5 Å². The lowest BCUT2D eigenvalue weighted by atomic mass is 9.73. The van der Waals surface area contributed by atoms with Crippen LogP contribution in [0, 0.1) is 11.3 Å². The minimum absolute atomic E-state index is 0. The van der Waals surface area contributed by atoms with Gasteiger partial charge in [0.2, 0.25) is 5.91 Å². The average molecular weight is 424 g/mol. The Morgan fingerprint density at radius 3 is 2.32 bits per heavy atom. The number of rotatable bonds is 5. The summed E-state index contributed by atoms with van der Waals surface area (Å²) in [6, 6.07) is 0. The van der Waals surface area contributed by atoms with Crippen molar-refractivity contribution in [2.45, 2.75) is 46.5 Å². The van der Waals surface area contributed by atoms with E-state index in [0.717, 1.165) is 19.0 Å². The van der Waals surface area contributed by atoms with Crippen molar-refractivity contribution in [3.05, 3.63) is 0 Å². The number of likely N-dealkylation sites (N-methyl/N-ethyl adjacent to an activating group) is 1. The lowest BCUT2D eigenvalue weighted by Gasteiger charge is -2.34. The summed E-state index contributed by atoms with van der Waals surface area (Å²) in [7, 11) is 3.50. The fraction of sp³-hybridized carbons (Fsp3) is 0.875. The number of aliphatic imine (C=N–C) groups is 1. The van der Waals surface area contributed by atoms with Crippen LogP contribution in [0.4, 0.5) is 0 Å². The summed E-state index contributed by atoms with van der Waals surface area (Å²) in [4.78, 5) is 17.5. The molecule has 1 rings (SSSR count).